The van der Waals surface area contributed by atoms with Gasteiger partial charge in [0.2, 0.25) is 5.60 Å². The van der Waals surface area contributed by atoms with E-state index in [4.69, 9.17) is 38.4 Å². The van der Waals surface area contributed by atoms with Crippen molar-refractivity contribution < 1.29 is 62.3 Å². The Morgan fingerprint density at radius 1 is 0.681 bits per heavy atom. The van der Waals surface area contributed by atoms with Gasteiger partial charge in [0.05, 0.1) is 52.7 Å². The molecular formula is C69H80N8O14. The zero-order chi connectivity index (χ0) is 63.5. The Morgan fingerprint density at radius 3 is 1.80 bits per heavy atom. The lowest BCUT2D eigenvalue weighted by molar-refractivity contribution is -0.172. The molecule has 3 aromatic heterocycles. The summed E-state index contributed by atoms with van der Waals surface area (Å²) in [5, 5.41) is 15.2. The number of nitrogens with one attached hydrogen (secondary N) is 1. The number of amides is 3. The Labute approximate surface area is 527 Å². The van der Waals surface area contributed by atoms with Gasteiger partial charge in [-0.25, -0.2) is 33.9 Å². The Morgan fingerprint density at radius 2 is 1.25 bits per heavy atom. The number of aliphatic hydroxyl groups is 1. The SMILES string of the molecule is CC[C@@]1(O)C(=O)OCc2c1cc1n(c2=O)Cc2c-1nc1ccc(OC(=O)N3CCC(N4CCCCC4)CC3)cc1c2COC.CCc1c2c(nc3ccc(OC(=O)N4CCC(N5CCCCC5)CC4)cc13)C1=CC3=C(COC(=O)[C@@]3(CC)OC(=O)NC)C(=O)C1C2. The summed E-state index contributed by atoms with van der Waals surface area (Å²) in [7, 11) is 3.02. The molecule has 1 unspecified atom stereocenters. The van der Waals surface area contributed by atoms with Crippen LogP contribution in [-0.2, 0) is 71.5 Å². The summed E-state index contributed by atoms with van der Waals surface area (Å²) in [6, 6.07) is 13.6. The standard InChI is InChI=1S/C36H42N4O7.C33H38N4O7/c1-4-23-24-17-22(46-35(44)40-15-11-21(12-16-40)39-13-7-6-8-14-39)9-10-30(24)38-31-25(23)18-27-26(31)19-29-28(32(27)41)20-45-33(42)36(29,5-2)47-34(43)37-3;1-3-33(41)26-16-28-29-23(17-37(28)30(38)25(26)19-43-31(33)39)24(18-42-2)22-15-21(7-8-27(22)34-29)44-32(40)36-13-9-20(10-14-36)35-11-5-4-6-12-35/h9-10,17,19,21,27H,4-8,11-16,18,20H2,1-3H3,(H,37,43);7-8,15-16,20,41H,3-6,9-14,17-19H2,1-2H3/t27?,36-;33-/m00/s1. The number of esters is 2. The van der Waals surface area contributed by atoms with Crippen molar-refractivity contribution in [3.05, 3.63) is 109 Å². The number of aryl methyl sites for hydroxylation is 1. The summed E-state index contributed by atoms with van der Waals surface area (Å²) in [4.78, 5) is 111. The molecule has 10 heterocycles. The highest BCUT2D eigenvalue weighted by Gasteiger charge is 2.54. The molecule has 0 spiro atoms. The molecular weight excluding hydrogens is 1160 g/mol. The zero-order valence-electron chi connectivity index (χ0n) is 52.6. The average Bonchev–Trinajstić information content (AvgIpc) is 1.64. The van der Waals surface area contributed by atoms with Crippen molar-refractivity contribution in [3.8, 4) is 22.9 Å². The van der Waals surface area contributed by atoms with Crippen LogP contribution in [0.3, 0.4) is 0 Å². The number of aromatic nitrogens is 3. The van der Waals surface area contributed by atoms with Gasteiger partial charge in [0.1, 0.15) is 24.7 Å². The van der Waals surface area contributed by atoms with Crippen LogP contribution in [0.1, 0.15) is 137 Å². The minimum absolute atomic E-state index is 0.0760. The van der Waals surface area contributed by atoms with Crippen LogP contribution in [0.2, 0.25) is 0 Å². The van der Waals surface area contributed by atoms with Crippen LogP contribution in [0.4, 0.5) is 14.4 Å². The third-order valence-electron chi connectivity index (χ3n) is 20.6. The Bertz CT molecular complexity index is 3920. The molecule has 3 atom stereocenters. The molecule has 5 aromatic rings. The van der Waals surface area contributed by atoms with E-state index in [1.54, 1.807) is 54.7 Å². The monoisotopic (exact) mass is 1240 g/mol. The summed E-state index contributed by atoms with van der Waals surface area (Å²) in [5.41, 5.74) is 4.95. The second-order valence-corrected chi connectivity index (χ2v) is 25.5. The first-order valence-electron chi connectivity index (χ1n) is 32.7. The number of hydrogen-bond donors (Lipinski definition) is 2. The number of fused-ring (bicyclic) bond motifs is 9. The number of rotatable bonds is 10. The fourth-order valence-corrected chi connectivity index (χ4v) is 15.6. The molecule has 7 aliphatic heterocycles. The van der Waals surface area contributed by atoms with Gasteiger partial charge in [-0.05, 0) is 174 Å². The van der Waals surface area contributed by atoms with E-state index < -0.39 is 35.2 Å². The number of methoxy groups -OCH3 is 1. The molecule has 9 aliphatic rings. The molecule has 22 heteroatoms. The molecule has 4 fully saturated rings. The maximum absolute atomic E-state index is 14.0. The summed E-state index contributed by atoms with van der Waals surface area (Å²) < 4.78 is 35.2. The third-order valence-corrected chi connectivity index (χ3v) is 20.6. The third kappa shape index (κ3) is 11.0. The van der Waals surface area contributed by atoms with Gasteiger partial charge in [-0.3, -0.25) is 9.59 Å². The number of ketones is 1. The molecule has 0 saturated carbocycles. The van der Waals surface area contributed by atoms with Crippen LogP contribution in [0.25, 0.3) is 38.8 Å². The number of carbonyl (C=O) groups is 6. The number of carbonyl (C=O) groups excluding carboxylic acids is 6. The van der Waals surface area contributed by atoms with Gasteiger partial charge in [-0.15, -0.1) is 0 Å². The number of Topliss-reactive ketones (excluding diaryl/α,β-unsaturated/α-hetero) is 1. The molecule has 14 rings (SSSR count). The van der Waals surface area contributed by atoms with E-state index >= 15 is 0 Å². The highest BCUT2D eigenvalue weighted by atomic mass is 16.6. The number of likely N-dealkylation sites (tertiary alicyclic amines) is 4. The largest absolute Gasteiger partial charge is 0.458 e. The van der Waals surface area contributed by atoms with Gasteiger partial charge in [-0.1, -0.05) is 33.6 Å². The number of hydrogen-bond acceptors (Lipinski definition) is 18. The number of piperidine rings is 4. The first-order chi connectivity index (χ1) is 44.1. The van der Waals surface area contributed by atoms with E-state index in [9.17, 15) is 38.7 Å². The first-order valence-corrected chi connectivity index (χ1v) is 32.7. The van der Waals surface area contributed by atoms with Gasteiger partial charge < -0.3 is 63.0 Å². The molecule has 91 heavy (non-hydrogen) atoms. The fraction of sp³-hybridized carbons (Fsp3) is 0.522. The van der Waals surface area contributed by atoms with Crippen LogP contribution in [-0.4, -0.2) is 166 Å². The number of ether oxygens (including phenoxy) is 6. The predicted molar refractivity (Wildman–Crippen MR) is 335 cm³/mol. The first kappa shape index (κ1) is 61.8. The molecule has 0 bridgehead atoms. The smallest absolute Gasteiger partial charge is 0.415 e. The highest BCUT2D eigenvalue weighted by Crippen LogP contribution is 2.49. The Kier molecular flexibility index (Phi) is 17.1. The topological polar surface area (TPSA) is 251 Å². The lowest BCUT2D eigenvalue weighted by Crippen LogP contribution is -2.52. The van der Waals surface area contributed by atoms with Gasteiger partial charge in [0, 0.05) is 85.5 Å². The Balaban J connectivity index is 0.000000167. The molecule has 22 nitrogen and oxygen atoms in total. The molecule has 2 aromatic carbocycles. The Hall–Kier alpha value is -8.05. The summed E-state index contributed by atoms with van der Waals surface area (Å²) in [6.45, 7) is 13.0. The quantitative estimate of drug-likeness (QED) is 0.0964. The van der Waals surface area contributed by atoms with Crippen molar-refractivity contribution in [3.63, 3.8) is 0 Å². The number of cyclic esters (lactones) is 2. The molecule has 0 radical (unpaired) electrons. The number of alkyl carbamates (subject to hydrolysis) is 1. The van der Waals surface area contributed by atoms with Gasteiger partial charge in [-0.2, -0.15) is 0 Å². The maximum Gasteiger partial charge on any atom is 0.415 e. The fourth-order valence-electron chi connectivity index (χ4n) is 15.6. The second kappa shape index (κ2) is 25.2. The normalized spacial score (nSPS) is 23.4. The van der Waals surface area contributed by atoms with E-state index in [0.29, 0.717) is 96.3 Å². The van der Waals surface area contributed by atoms with Crippen LogP contribution in [0.15, 0.2) is 64.5 Å². The van der Waals surface area contributed by atoms with E-state index in [0.717, 1.165) is 96.0 Å². The van der Waals surface area contributed by atoms with Crippen molar-refractivity contribution in [1.82, 2.24) is 39.5 Å². The maximum atomic E-state index is 14.0. The molecule has 4 saturated heterocycles. The van der Waals surface area contributed by atoms with E-state index in [1.165, 1.54) is 45.6 Å². The molecule has 3 amide bonds. The average molecular weight is 1250 g/mol. The number of allylic oxidation sites excluding steroid dienone is 1. The van der Waals surface area contributed by atoms with Gasteiger partial charge in [0.15, 0.2) is 11.4 Å². The lowest BCUT2D eigenvalue weighted by Gasteiger charge is -2.39. The lowest BCUT2D eigenvalue weighted by atomic mass is 9.75. The molecule has 2 N–H and O–H groups in total. The summed E-state index contributed by atoms with van der Waals surface area (Å²) >= 11 is 0. The van der Waals surface area contributed by atoms with E-state index in [1.807, 2.05) is 29.2 Å². The van der Waals surface area contributed by atoms with Crippen molar-refractivity contribution in [1.29, 1.82) is 0 Å². The number of nitrogens with zero attached hydrogens (tertiary/aromatic N) is 7. The highest BCUT2D eigenvalue weighted by molar-refractivity contribution is 6.13. The van der Waals surface area contributed by atoms with Gasteiger partial charge in [0.25, 0.3) is 5.56 Å². The molecule has 2 aliphatic carbocycles. The second-order valence-electron chi connectivity index (χ2n) is 25.5. The number of pyridine rings is 3. The molecule has 480 valence electrons. The van der Waals surface area contributed by atoms with Gasteiger partial charge >= 0.3 is 30.2 Å². The van der Waals surface area contributed by atoms with E-state index in [-0.39, 0.29) is 73.9 Å². The van der Waals surface area contributed by atoms with Crippen molar-refractivity contribution in [2.45, 2.75) is 154 Å². The summed E-state index contributed by atoms with van der Waals surface area (Å²) in [6.07, 6.45) is 13.2. The zero-order valence-corrected chi connectivity index (χ0v) is 52.6. The van der Waals surface area contributed by atoms with Crippen molar-refractivity contribution in [2.24, 2.45) is 5.92 Å². The number of benzene rings is 2. The van der Waals surface area contributed by atoms with Crippen LogP contribution < -0.4 is 20.3 Å². The van der Waals surface area contributed by atoms with Crippen LogP contribution in [0, 0.1) is 5.92 Å². The van der Waals surface area contributed by atoms with Crippen molar-refractivity contribution >= 4 is 63.4 Å². The van der Waals surface area contributed by atoms with Crippen molar-refractivity contribution in [2.75, 3.05) is 73.1 Å². The van der Waals surface area contributed by atoms with Crippen LogP contribution >= 0.6 is 0 Å². The minimum atomic E-state index is -1.89. The summed E-state index contributed by atoms with van der Waals surface area (Å²) in [5.74, 6) is -1.19. The van der Waals surface area contributed by atoms with E-state index in [2.05, 4.69) is 22.0 Å². The van der Waals surface area contributed by atoms with Crippen LogP contribution in [0.5, 0.6) is 11.5 Å². The predicted octanol–water partition coefficient (Wildman–Crippen LogP) is 8.42. The minimum Gasteiger partial charge on any atom is -0.458 e.